The van der Waals surface area contributed by atoms with E-state index in [1.807, 2.05) is 4.90 Å². The SMILES string of the molecule is O=C(c1cc(C(F)(F)F)cc(C(F)(F)F)c1)N1CC[C@H](N2CCN(c3cc(C(F)(F)F)cc(C(F)(F)F)c3)CC2)[C@H](c2ccccc2)C1. The van der Waals surface area contributed by atoms with E-state index in [-0.39, 0.29) is 69.6 Å². The van der Waals surface area contributed by atoms with Gasteiger partial charge in [-0.1, -0.05) is 30.3 Å². The topological polar surface area (TPSA) is 26.8 Å². The van der Waals surface area contributed by atoms with Crippen LogP contribution in [0.2, 0.25) is 0 Å². The Kier molecular flexibility index (Phi) is 9.45. The van der Waals surface area contributed by atoms with Crippen LogP contribution in [-0.2, 0) is 24.7 Å². The van der Waals surface area contributed by atoms with Crippen molar-refractivity contribution in [3.05, 3.63) is 100 Å². The minimum atomic E-state index is -5.14. The predicted octanol–water partition coefficient (Wildman–Crippen LogP) is 8.58. The highest BCUT2D eigenvalue weighted by Crippen LogP contribution is 2.40. The normalized spacial score (nSPS) is 20.2. The van der Waals surface area contributed by atoms with Crippen molar-refractivity contribution in [3.8, 4) is 0 Å². The van der Waals surface area contributed by atoms with E-state index >= 15 is 0 Å². The second-order valence-electron chi connectivity index (χ2n) is 11.7. The van der Waals surface area contributed by atoms with Crippen molar-refractivity contribution in [3.63, 3.8) is 0 Å². The Morgan fingerprint density at radius 1 is 0.583 bits per heavy atom. The molecule has 16 heteroatoms. The second kappa shape index (κ2) is 12.8. The molecule has 2 fully saturated rings. The number of halogens is 12. The number of amides is 1. The molecule has 2 aliphatic heterocycles. The second-order valence-corrected chi connectivity index (χ2v) is 11.7. The fourth-order valence-corrected chi connectivity index (χ4v) is 6.28. The van der Waals surface area contributed by atoms with Gasteiger partial charge in [0, 0.05) is 62.5 Å². The smallest absolute Gasteiger partial charge is 0.369 e. The average Bonchev–Trinajstić information content (AvgIpc) is 3.02. The van der Waals surface area contributed by atoms with Crippen LogP contribution in [0.15, 0.2) is 66.7 Å². The van der Waals surface area contributed by atoms with Crippen LogP contribution in [0.25, 0.3) is 0 Å². The van der Waals surface area contributed by atoms with E-state index in [4.69, 9.17) is 0 Å². The van der Waals surface area contributed by atoms with E-state index in [1.54, 1.807) is 30.3 Å². The lowest BCUT2D eigenvalue weighted by atomic mass is 9.84. The molecule has 3 aromatic rings. The maximum atomic E-state index is 13.5. The molecule has 0 N–H and O–H groups in total. The zero-order valence-corrected chi connectivity index (χ0v) is 24.7. The number of hydrogen-bond donors (Lipinski definition) is 0. The van der Waals surface area contributed by atoms with E-state index in [0.717, 1.165) is 5.56 Å². The maximum absolute atomic E-state index is 13.5. The molecule has 2 heterocycles. The van der Waals surface area contributed by atoms with Gasteiger partial charge in [-0.25, -0.2) is 0 Å². The lowest BCUT2D eigenvalue weighted by molar-refractivity contribution is -0.144. The minimum absolute atomic E-state index is 0.0206. The number of carbonyl (C=O) groups excluding carboxylic acids is 1. The van der Waals surface area contributed by atoms with Crippen LogP contribution in [0.1, 0.15) is 50.5 Å². The first-order valence-corrected chi connectivity index (χ1v) is 14.6. The molecule has 0 radical (unpaired) electrons. The molecule has 260 valence electrons. The van der Waals surface area contributed by atoms with Crippen LogP contribution < -0.4 is 4.90 Å². The number of anilines is 1. The molecule has 0 saturated carbocycles. The van der Waals surface area contributed by atoms with Gasteiger partial charge in [0.05, 0.1) is 22.3 Å². The van der Waals surface area contributed by atoms with Crippen molar-refractivity contribution in [2.75, 3.05) is 44.2 Å². The molecule has 48 heavy (non-hydrogen) atoms. The van der Waals surface area contributed by atoms with E-state index < -0.39 is 64.3 Å². The predicted molar refractivity (Wildman–Crippen MR) is 150 cm³/mol. The number of piperidine rings is 1. The van der Waals surface area contributed by atoms with Gasteiger partial charge in [0.15, 0.2) is 0 Å². The van der Waals surface area contributed by atoms with Crippen molar-refractivity contribution < 1.29 is 57.5 Å². The molecular formula is C32H27F12N3O. The summed E-state index contributed by atoms with van der Waals surface area (Å²) in [6, 6.07) is 10.5. The molecule has 0 bridgehead atoms. The lowest BCUT2D eigenvalue weighted by Crippen LogP contribution is -2.56. The van der Waals surface area contributed by atoms with Gasteiger partial charge in [-0.15, -0.1) is 0 Å². The summed E-state index contributed by atoms with van der Waals surface area (Å²) >= 11 is 0. The molecule has 2 saturated heterocycles. The van der Waals surface area contributed by atoms with E-state index in [2.05, 4.69) is 0 Å². The van der Waals surface area contributed by atoms with Crippen molar-refractivity contribution in [2.24, 2.45) is 0 Å². The average molecular weight is 698 g/mol. The molecule has 2 aliphatic rings. The van der Waals surface area contributed by atoms with Gasteiger partial charge in [-0.2, -0.15) is 52.7 Å². The van der Waals surface area contributed by atoms with Gasteiger partial charge in [-0.05, 0) is 48.4 Å². The fraction of sp³-hybridized carbons (Fsp3) is 0.406. The number of hydrogen-bond acceptors (Lipinski definition) is 3. The van der Waals surface area contributed by atoms with Gasteiger partial charge >= 0.3 is 24.7 Å². The van der Waals surface area contributed by atoms with Crippen molar-refractivity contribution in [1.82, 2.24) is 9.80 Å². The quantitative estimate of drug-likeness (QED) is 0.256. The lowest BCUT2D eigenvalue weighted by Gasteiger charge is -2.47. The number of rotatable bonds is 4. The maximum Gasteiger partial charge on any atom is 0.416 e. The molecule has 0 aromatic heterocycles. The Hall–Kier alpha value is -3.95. The summed E-state index contributed by atoms with van der Waals surface area (Å²) in [5.41, 5.74) is -6.37. The first-order chi connectivity index (χ1) is 22.2. The van der Waals surface area contributed by atoms with Gasteiger partial charge in [0.1, 0.15) is 0 Å². The minimum Gasteiger partial charge on any atom is -0.369 e. The Morgan fingerprint density at radius 3 is 1.50 bits per heavy atom. The van der Waals surface area contributed by atoms with Gasteiger partial charge in [0.2, 0.25) is 0 Å². The van der Waals surface area contributed by atoms with E-state index in [9.17, 15) is 57.5 Å². The zero-order chi connectivity index (χ0) is 35.2. The molecule has 0 spiro atoms. The summed E-state index contributed by atoms with van der Waals surface area (Å²) in [6.45, 7) is 0.513. The molecule has 1 amide bonds. The van der Waals surface area contributed by atoms with Crippen LogP contribution in [0.3, 0.4) is 0 Å². The van der Waals surface area contributed by atoms with Crippen molar-refractivity contribution in [2.45, 2.75) is 43.1 Å². The van der Waals surface area contributed by atoms with Gasteiger partial charge in [0.25, 0.3) is 5.91 Å². The Balaban J connectivity index is 1.37. The standard InChI is InChI=1S/C32H27F12N3O/c33-29(34,35)21-12-20(13-22(14-21)30(36,37)38)28(48)47-7-6-27(26(18-47)19-4-2-1-3-5-19)46-10-8-45(9-11-46)25-16-23(31(39,40)41)15-24(17-25)32(42,43)44/h1-5,12-17,26-27H,6-11,18H2/t26-,27-/m0/s1. The molecule has 2 atom stereocenters. The number of alkyl halides is 12. The molecule has 0 unspecified atom stereocenters. The summed E-state index contributed by atoms with van der Waals surface area (Å²) < 4.78 is 161. The third kappa shape index (κ3) is 7.84. The number of likely N-dealkylation sites (tertiary alicyclic amines) is 1. The molecule has 3 aromatic carbocycles. The van der Waals surface area contributed by atoms with E-state index in [1.165, 1.54) is 9.80 Å². The van der Waals surface area contributed by atoms with Crippen LogP contribution in [0, 0.1) is 0 Å². The van der Waals surface area contributed by atoms with Crippen molar-refractivity contribution >= 4 is 11.6 Å². The molecule has 4 nitrogen and oxygen atoms in total. The monoisotopic (exact) mass is 697 g/mol. The fourth-order valence-electron chi connectivity index (χ4n) is 6.28. The first kappa shape index (κ1) is 35.4. The molecular weight excluding hydrogens is 670 g/mol. The summed E-state index contributed by atoms with van der Waals surface area (Å²) in [6.07, 6.45) is -20.0. The zero-order valence-electron chi connectivity index (χ0n) is 24.7. The number of piperazine rings is 1. The van der Waals surface area contributed by atoms with Gasteiger partial charge < -0.3 is 9.80 Å². The number of nitrogens with zero attached hydrogens (tertiary/aromatic N) is 3. The number of benzene rings is 3. The highest BCUT2D eigenvalue weighted by atomic mass is 19.4. The largest absolute Gasteiger partial charge is 0.416 e. The highest BCUT2D eigenvalue weighted by Gasteiger charge is 2.41. The van der Waals surface area contributed by atoms with Crippen LogP contribution in [0.4, 0.5) is 58.4 Å². The van der Waals surface area contributed by atoms with Crippen LogP contribution in [-0.4, -0.2) is 61.0 Å². The number of carbonyl (C=O) groups is 1. The van der Waals surface area contributed by atoms with Crippen LogP contribution >= 0.6 is 0 Å². The third-order valence-corrected chi connectivity index (χ3v) is 8.65. The van der Waals surface area contributed by atoms with Gasteiger partial charge in [-0.3, -0.25) is 9.69 Å². The summed E-state index contributed by atoms with van der Waals surface area (Å²) in [5, 5.41) is 0. The van der Waals surface area contributed by atoms with Crippen molar-refractivity contribution in [1.29, 1.82) is 0 Å². The van der Waals surface area contributed by atoms with E-state index in [0.29, 0.717) is 24.3 Å². The summed E-state index contributed by atoms with van der Waals surface area (Å²) in [4.78, 5) is 18.0. The Morgan fingerprint density at radius 2 is 1.04 bits per heavy atom. The molecule has 0 aliphatic carbocycles. The van der Waals surface area contributed by atoms with Crippen LogP contribution in [0.5, 0.6) is 0 Å². The Labute approximate surface area is 266 Å². The summed E-state index contributed by atoms with van der Waals surface area (Å²) in [7, 11) is 0. The molecule has 5 rings (SSSR count). The Bertz CT molecular complexity index is 1540. The third-order valence-electron chi connectivity index (χ3n) is 8.65. The highest BCUT2D eigenvalue weighted by molar-refractivity contribution is 5.95. The first-order valence-electron chi connectivity index (χ1n) is 14.6. The summed E-state index contributed by atoms with van der Waals surface area (Å²) in [5.74, 6) is -1.48.